The minimum atomic E-state index is -1.27. The Morgan fingerprint density at radius 3 is 2.33 bits per heavy atom. The number of aliphatic carboxylic acids is 1. The molecule has 0 fully saturated rings. The van der Waals surface area contributed by atoms with Crippen LogP contribution in [0.5, 0.6) is 5.75 Å². The van der Waals surface area contributed by atoms with Gasteiger partial charge in [0.25, 0.3) is 17.7 Å². The lowest BCUT2D eigenvalue weighted by atomic mass is 10.1. The number of carboxylic acid groups (broad SMARTS) is 1. The van der Waals surface area contributed by atoms with E-state index in [1.807, 2.05) is 22.6 Å². The van der Waals surface area contributed by atoms with Gasteiger partial charge in [-0.15, -0.1) is 0 Å². The van der Waals surface area contributed by atoms with Crippen molar-refractivity contribution < 1.29 is 29.4 Å². The van der Waals surface area contributed by atoms with E-state index in [1.165, 1.54) is 43.3 Å². The van der Waals surface area contributed by atoms with Crippen LogP contribution >= 0.6 is 34.2 Å². The fourth-order valence-electron chi connectivity index (χ4n) is 3.11. The van der Waals surface area contributed by atoms with Gasteiger partial charge in [-0.25, -0.2) is 10.4 Å². The summed E-state index contributed by atoms with van der Waals surface area (Å²) in [7, 11) is 0. The molecule has 0 aliphatic carbocycles. The van der Waals surface area contributed by atoms with Crippen LogP contribution in [0.25, 0.3) is 0 Å². The quantitative estimate of drug-likeness (QED) is 0.171. The second-order valence-electron chi connectivity index (χ2n) is 7.69. The maximum Gasteiger partial charge on any atom is 0.322 e. The van der Waals surface area contributed by atoms with Crippen molar-refractivity contribution in [2.24, 2.45) is 0 Å². The molecule has 3 rings (SSSR count). The van der Waals surface area contributed by atoms with E-state index in [9.17, 15) is 29.4 Å². The zero-order valence-electron chi connectivity index (χ0n) is 18.9. The third-order valence-electron chi connectivity index (χ3n) is 5.00. The zero-order valence-corrected chi connectivity index (χ0v) is 21.8. The van der Waals surface area contributed by atoms with Crippen molar-refractivity contribution in [2.75, 3.05) is 0 Å². The Morgan fingerprint density at radius 2 is 1.69 bits per heavy atom. The average molecular weight is 622 g/mol. The smallest absolute Gasteiger partial charge is 0.322 e. The fraction of sp³-hybridized carbons (Fsp3) is 0.120. The summed E-state index contributed by atoms with van der Waals surface area (Å²) in [6.45, 7) is 1.44. The van der Waals surface area contributed by atoms with Gasteiger partial charge in [-0.3, -0.25) is 19.2 Å². The molecule has 4 N–H and O–H groups in total. The standard InChI is InChI=1S/C25H21ClIN3O6/c1-14(25(35)36)29-30(23(33)17-5-3-6-18(27)11-17)24(34)20-9-8-16(12-21(20)26)22(32)28-13-15-4-2-7-19(31)10-15/h2-12,14,29,31H,13H2,1H3,(H,28,32)(H,35,36)/t14-/m0/s1. The third kappa shape index (κ3) is 6.80. The van der Waals surface area contributed by atoms with Gasteiger partial charge in [-0.1, -0.05) is 29.8 Å². The summed E-state index contributed by atoms with van der Waals surface area (Å²) in [4.78, 5) is 50.3. The summed E-state index contributed by atoms with van der Waals surface area (Å²) in [5.74, 6) is -3.32. The van der Waals surface area contributed by atoms with Crippen molar-refractivity contribution >= 4 is 57.9 Å². The van der Waals surface area contributed by atoms with E-state index in [0.29, 0.717) is 10.6 Å². The van der Waals surface area contributed by atoms with Crippen LogP contribution in [0.1, 0.15) is 43.6 Å². The van der Waals surface area contributed by atoms with Gasteiger partial charge in [0.2, 0.25) is 0 Å². The summed E-state index contributed by atoms with van der Waals surface area (Å²) < 4.78 is 0.747. The molecule has 0 saturated carbocycles. The van der Waals surface area contributed by atoms with Crippen molar-refractivity contribution in [3.63, 3.8) is 0 Å². The van der Waals surface area contributed by atoms with Crippen LogP contribution in [-0.4, -0.2) is 45.0 Å². The van der Waals surface area contributed by atoms with E-state index in [1.54, 1.807) is 30.3 Å². The molecule has 0 spiro atoms. The molecule has 186 valence electrons. The number of phenols is 1. The number of nitrogens with one attached hydrogen (secondary N) is 2. The number of carboxylic acids is 1. The number of rotatable bonds is 8. The largest absolute Gasteiger partial charge is 0.508 e. The molecular weight excluding hydrogens is 601 g/mol. The van der Waals surface area contributed by atoms with E-state index < -0.39 is 29.7 Å². The summed E-state index contributed by atoms with van der Waals surface area (Å²) in [6, 6.07) is 15.5. The minimum Gasteiger partial charge on any atom is -0.508 e. The van der Waals surface area contributed by atoms with Crippen LogP contribution in [0, 0.1) is 3.57 Å². The van der Waals surface area contributed by atoms with Gasteiger partial charge in [-0.05, 0) is 83.6 Å². The van der Waals surface area contributed by atoms with Crippen molar-refractivity contribution in [2.45, 2.75) is 19.5 Å². The van der Waals surface area contributed by atoms with Gasteiger partial charge in [0.05, 0.1) is 10.6 Å². The summed E-state index contributed by atoms with van der Waals surface area (Å²) in [5.41, 5.74) is 3.32. The first kappa shape index (κ1) is 27.1. The molecule has 0 unspecified atom stereocenters. The van der Waals surface area contributed by atoms with Crippen LogP contribution in [0.3, 0.4) is 0 Å². The number of imide groups is 1. The lowest BCUT2D eigenvalue weighted by Gasteiger charge is -2.24. The highest BCUT2D eigenvalue weighted by Gasteiger charge is 2.29. The average Bonchev–Trinajstić information content (AvgIpc) is 2.84. The van der Waals surface area contributed by atoms with E-state index in [-0.39, 0.29) is 34.0 Å². The highest BCUT2D eigenvalue weighted by Crippen LogP contribution is 2.21. The normalized spacial score (nSPS) is 11.4. The number of halogens is 2. The fourth-order valence-corrected chi connectivity index (χ4v) is 3.91. The predicted octanol–water partition coefficient (Wildman–Crippen LogP) is 3.84. The van der Waals surface area contributed by atoms with Gasteiger partial charge in [-0.2, -0.15) is 0 Å². The first-order valence-electron chi connectivity index (χ1n) is 10.6. The third-order valence-corrected chi connectivity index (χ3v) is 5.98. The highest BCUT2D eigenvalue weighted by atomic mass is 127. The maximum atomic E-state index is 13.3. The Bertz CT molecular complexity index is 1330. The van der Waals surface area contributed by atoms with Gasteiger partial charge in [0, 0.05) is 21.2 Å². The second-order valence-corrected chi connectivity index (χ2v) is 9.35. The van der Waals surface area contributed by atoms with Crippen molar-refractivity contribution in [1.29, 1.82) is 0 Å². The Morgan fingerprint density at radius 1 is 0.972 bits per heavy atom. The van der Waals surface area contributed by atoms with Gasteiger partial charge >= 0.3 is 5.97 Å². The van der Waals surface area contributed by atoms with Crippen LogP contribution < -0.4 is 10.7 Å². The van der Waals surface area contributed by atoms with E-state index >= 15 is 0 Å². The second kappa shape index (κ2) is 12.0. The summed E-state index contributed by atoms with van der Waals surface area (Å²) in [5, 5.41) is 22.0. The van der Waals surface area contributed by atoms with E-state index in [4.69, 9.17) is 11.6 Å². The van der Waals surface area contributed by atoms with Crippen molar-refractivity contribution in [3.05, 3.63) is 97.6 Å². The monoisotopic (exact) mass is 621 g/mol. The molecule has 0 saturated heterocycles. The van der Waals surface area contributed by atoms with Crippen molar-refractivity contribution in [3.8, 4) is 5.75 Å². The Kier molecular flexibility index (Phi) is 9.02. The molecule has 0 aliphatic heterocycles. The first-order chi connectivity index (χ1) is 17.1. The minimum absolute atomic E-state index is 0.0720. The van der Waals surface area contributed by atoms with Crippen LogP contribution in [0.4, 0.5) is 0 Å². The molecular formula is C25H21ClIN3O6. The lowest BCUT2D eigenvalue weighted by Crippen LogP contribution is -2.53. The topological polar surface area (TPSA) is 136 Å². The number of amides is 3. The van der Waals surface area contributed by atoms with E-state index in [0.717, 1.165) is 3.57 Å². The zero-order chi connectivity index (χ0) is 26.4. The molecule has 3 aromatic carbocycles. The SMILES string of the molecule is C[C@H](NN(C(=O)c1cccc(I)c1)C(=O)c1ccc(C(=O)NCc2cccc(O)c2)cc1Cl)C(=O)O. The molecule has 3 amide bonds. The lowest BCUT2D eigenvalue weighted by molar-refractivity contribution is -0.139. The molecule has 0 radical (unpaired) electrons. The Balaban J connectivity index is 1.83. The Labute approximate surface area is 225 Å². The molecule has 3 aromatic rings. The molecule has 9 nitrogen and oxygen atoms in total. The number of carbonyl (C=O) groups excluding carboxylic acids is 3. The number of hydrogen-bond donors (Lipinski definition) is 4. The van der Waals surface area contributed by atoms with Gasteiger partial charge in [0.15, 0.2) is 0 Å². The molecule has 36 heavy (non-hydrogen) atoms. The number of benzene rings is 3. The van der Waals surface area contributed by atoms with Gasteiger partial charge in [0.1, 0.15) is 11.8 Å². The first-order valence-corrected chi connectivity index (χ1v) is 12.0. The molecule has 11 heteroatoms. The number of carbonyl (C=O) groups is 4. The van der Waals surface area contributed by atoms with Crippen LogP contribution in [0.2, 0.25) is 5.02 Å². The molecule has 0 heterocycles. The predicted molar refractivity (Wildman–Crippen MR) is 141 cm³/mol. The number of phenolic OH excluding ortho intramolecular Hbond substituents is 1. The number of hydrogen-bond acceptors (Lipinski definition) is 6. The highest BCUT2D eigenvalue weighted by molar-refractivity contribution is 14.1. The van der Waals surface area contributed by atoms with Crippen LogP contribution in [0.15, 0.2) is 66.7 Å². The molecule has 1 atom stereocenters. The van der Waals surface area contributed by atoms with Gasteiger partial charge < -0.3 is 15.5 Å². The Hall–Kier alpha value is -3.48. The summed E-state index contributed by atoms with van der Waals surface area (Å²) >= 11 is 8.32. The van der Waals surface area contributed by atoms with Crippen molar-refractivity contribution in [1.82, 2.24) is 15.8 Å². The number of nitrogens with zero attached hydrogens (tertiary/aromatic N) is 1. The number of hydrazine groups is 1. The van der Waals surface area contributed by atoms with Crippen LogP contribution in [-0.2, 0) is 11.3 Å². The molecule has 0 aliphatic rings. The summed E-state index contributed by atoms with van der Waals surface area (Å²) in [6.07, 6.45) is 0. The molecule has 0 bridgehead atoms. The maximum absolute atomic E-state index is 13.3. The van der Waals surface area contributed by atoms with E-state index in [2.05, 4.69) is 10.7 Å². The molecule has 0 aromatic heterocycles. The number of aromatic hydroxyl groups is 1.